The van der Waals surface area contributed by atoms with E-state index in [-0.39, 0.29) is 0 Å². The van der Waals surface area contributed by atoms with Crippen LogP contribution in [0.5, 0.6) is 0 Å². The molecule has 0 amide bonds. The van der Waals surface area contributed by atoms with E-state index >= 15 is 0 Å². The van der Waals surface area contributed by atoms with Crippen LogP contribution in [0.25, 0.3) is 0 Å². The minimum Gasteiger partial charge on any atom is -0.546 e. The molecule has 0 N–H and O–H groups in total. The normalized spacial score (nSPS) is 8.83. The zero-order chi connectivity index (χ0) is 4.41. The van der Waals surface area contributed by atoms with Crippen LogP contribution < -0.4 is 0 Å². The summed E-state index contributed by atoms with van der Waals surface area (Å²) in [5, 5.41) is 0. The minimum absolute atomic E-state index is 1.29. The molecule has 1 aromatic rings. The maximum absolute atomic E-state index is 9.93. The van der Waals surface area contributed by atoms with E-state index in [9.17, 15) is 4.55 Å². The van der Waals surface area contributed by atoms with Crippen LogP contribution in [0.4, 0.5) is 0 Å². The first-order chi connectivity index (χ1) is 2.89. The summed E-state index contributed by atoms with van der Waals surface area (Å²) in [5.41, 5.74) is 0. The van der Waals surface area contributed by atoms with Crippen molar-refractivity contribution < 1.29 is 4.55 Å². The number of aromatic nitrogens is 2. The lowest BCUT2D eigenvalue weighted by atomic mass is 11.0. The summed E-state index contributed by atoms with van der Waals surface area (Å²) >= 11 is -1.34. The molecule has 1 radical (unpaired) electrons. The quantitative estimate of drug-likeness (QED) is 0.432. The van der Waals surface area contributed by atoms with Crippen LogP contribution in [0.2, 0.25) is 0 Å². The Morgan fingerprint density at radius 2 is 2.67 bits per heavy atom. The zero-order valence-corrected chi connectivity index (χ0v) is 3.60. The Morgan fingerprint density at radius 1 is 1.83 bits per heavy atom. The highest BCUT2D eigenvalue weighted by Crippen LogP contribution is 1.92. The molecule has 4 heteroatoms. The molecule has 1 rings (SSSR count). The summed E-state index contributed by atoms with van der Waals surface area (Å²) < 4.78 is 16.5. The maximum Gasteiger partial charge on any atom is 0.185 e. The highest BCUT2D eigenvalue weighted by atomic mass is 32.2. The lowest BCUT2D eigenvalue weighted by molar-refractivity contribution is 0.584. The third-order valence-corrected chi connectivity index (χ3v) is 0.879. The van der Waals surface area contributed by atoms with Gasteiger partial charge >= 0.3 is 0 Å². The van der Waals surface area contributed by atoms with Crippen molar-refractivity contribution in [3.05, 3.63) is 12.4 Å². The largest absolute Gasteiger partial charge is 0.546 e. The third kappa shape index (κ3) is 0.526. The fourth-order valence-electron chi connectivity index (χ4n) is 0.161. The standard InChI is InChI=1S/C2HN2OS/c5-6-3-1-2-4-6/h1H. The molecule has 1 heterocycles. The minimum atomic E-state index is -1.34. The Bertz CT molecular complexity index is 115. The van der Waals surface area contributed by atoms with Gasteiger partial charge in [0, 0.05) is 0 Å². The van der Waals surface area contributed by atoms with Gasteiger partial charge in [-0.05, 0) is 8.75 Å². The summed E-state index contributed by atoms with van der Waals surface area (Å²) in [5.74, 6) is 0. The molecule has 0 saturated carbocycles. The number of hydrogen-bond acceptors (Lipinski definition) is 3. The molecule has 0 spiro atoms. The molecule has 6 heavy (non-hydrogen) atoms. The Balaban J connectivity index is 3.05. The van der Waals surface area contributed by atoms with Gasteiger partial charge < -0.3 is 4.55 Å². The first-order valence-electron chi connectivity index (χ1n) is 1.30. The first-order valence-corrected chi connectivity index (χ1v) is 2.37. The molecule has 0 aliphatic rings. The second-order valence-corrected chi connectivity index (χ2v) is 1.54. The van der Waals surface area contributed by atoms with E-state index in [2.05, 4.69) is 14.9 Å². The maximum atomic E-state index is 9.93. The van der Waals surface area contributed by atoms with Crippen LogP contribution >= 0.6 is 11.1 Å². The summed E-state index contributed by atoms with van der Waals surface area (Å²) in [4.78, 5) is 0. The van der Waals surface area contributed by atoms with Gasteiger partial charge in [-0.2, -0.15) is 0 Å². The van der Waals surface area contributed by atoms with Gasteiger partial charge in [0.05, 0.1) is 0 Å². The fraction of sp³-hybridized carbons (Fsp3) is 0. The highest BCUT2D eigenvalue weighted by molar-refractivity contribution is 7.13. The number of hydrogen-bond donors (Lipinski definition) is 0. The number of rotatable bonds is 0. The molecule has 0 aliphatic heterocycles. The lowest BCUT2D eigenvalue weighted by Crippen LogP contribution is -1.56. The van der Waals surface area contributed by atoms with Gasteiger partial charge in [-0.25, -0.2) is 0 Å². The second-order valence-electron chi connectivity index (χ2n) is 0.686. The van der Waals surface area contributed by atoms with Gasteiger partial charge in [-0.3, -0.25) is 0 Å². The van der Waals surface area contributed by atoms with Crippen LogP contribution in [-0.2, 0) is 0 Å². The van der Waals surface area contributed by atoms with Gasteiger partial charge in [-0.15, -0.1) is 0 Å². The van der Waals surface area contributed by atoms with E-state index in [0.29, 0.717) is 0 Å². The van der Waals surface area contributed by atoms with E-state index in [1.165, 1.54) is 6.20 Å². The van der Waals surface area contributed by atoms with Crippen LogP contribution in [0, 0.1) is 6.20 Å². The molecule has 0 saturated heterocycles. The summed E-state index contributed by atoms with van der Waals surface area (Å²) in [7, 11) is 0. The molecule has 1 atom stereocenters. The Kier molecular flexibility index (Phi) is 0.813. The topological polar surface area (TPSA) is 48.8 Å². The first kappa shape index (κ1) is 3.70. The molecule has 0 fully saturated rings. The monoisotopic (exact) mass is 101 g/mol. The molecule has 0 aromatic carbocycles. The molecular formula is C2HN2OS. The Labute approximate surface area is 37.8 Å². The van der Waals surface area contributed by atoms with Crippen LogP contribution in [-0.4, -0.2) is 13.3 Å². The van der Waals surface area contributed by atoms with Crippen LogP contribution in [0.15, 0.2) is 6.20 Å². The number of nitrogens with zero attached hydrogens (tertiary/aromatic N) is 2. The Hall–Kier alpha value is -0.480. The molecule has 1 aromatic heterocycles. The average Bonchev–Trinajstić information content (AvgIpc) is 1.86. The van der Waals surface area contributed by atoms with Crippen molar-refractivity contribution in [3.63, 3.8) is 0 Å². The van der Waals surface area contributed by atoms with Gasteiger partial charge in [0.2, 0.25) is 0 Å². The van der Waals surface area contributed by atoms with Gasteiger partial charge in [-0.1, -0.05) is 0 Å². The fourth-order valence-corrected chi connectivity index (χ4v) is 0.483. The van der Waals surface area contributed by atoms with Crippen molar-refractivity contribution in [2.75, 3.05) is 0 Å². The average molecular weight is 101 g/mol. The third-order valence-electron chi connectivity index (χ3n) is 0.331. The molecule has 1 unspecified atom stereocenters. The van der Waals surface area contributed by atoms with Crippen LogP contribution in [0.3, 0.4) is 0 Å². The van der Waals surface area contributed by atoms with Crippen molar-refractivity contribution >= 4 is 11.1 Å². The predicted octanol–water partition coefficient (Wildman–Crippen LogP) is 0.00439. The summed E-state index contributed by atoms with van der Waals surface area (Å²) in [6, 6.07) is 0. The zero-order valence-electron chi connectivity index (χ0n) is 2.79. The van der Waals surface area contributed by atoms with E-state index in [1.807, 2.05) is 0 Å². The SMILES string of the molecule is [O-][s+]1n[c]cn1. The Morgan fingerprint density at radius 3 is 2.83 bits per heavy atom. The van der Waals surface area contributed by atoms with Gasteiger partial charge in [0.1, 0.15) is 6.20 Å². The van der Waals surface area contributed by atoms with E-state index in [0.717, 1.165) is 0 Å². The molecule has 3 nitrogen and oxygen atoms in total. The summed E-state index contributed by atoms with van der Waals surface area (Å²) in [6.45, 7) is 0. The van der Waals surface area contributed by atoms with Gasteiger partial charge in [0.25, 0.3) is 0 Å². The van der Waals surface area contributed by atoms with Gasteiger partial charge in [0.15, 0.2) is 17.3 Å². The highest BCUT2D eigenvalue weighted by Gasteiger charge is 1.84. The van der Waals surface area contributed by atoms with Crippen molar-refractivity contribution in [3.8, 4) is 0 Å². The van der Waals surface area contributed by atoms with Crippen LogP contribution in [0.1, 0.15) is 0 Å². The second kappa shape index (κ2) is 1.32. The van der Waals surface area contributed by atoms with E-state index in [1.54, 1.807) is 0 Å². The van der Waals surface area contributed by atoms with Crippen molar-refractivity contribution in [2.45, 2.75) is 0 Å². The molecule has 31 valence electrons. The van der Waals surface area contributed by atoms with E-state index in [4.69, 9.17) is 0 Å². The summed E-state index contributed by atoms with van der Waals surface area (Å²) in [6.07, 6.45) is 3.59. The molecule has 0 aliphatic carbocycles. The predicted molar refractivity (Wildman–Crippen MR) is 19.5 cm³/mol. The van der Waals surface area contributed by atoms with Crippen molar-refractivity contribution in [2.24, 2.45) is 0 Å². The van der Waals surface area contributed by atoms with E-state index < -0.39 is 11.1 Å². The molecular weight excluding hydrogens is 100 g/mol. The lowest BCUT2D eigenvalue weighted by Gasteiger charge is -1.66. The molecule has 0 bridgehead atoms. The van der Waals surface area contributed by atoms with Crippen molar-refractivity contribution in [1.29, 1.82) is 0 Å². The smallest absolute Gasteiger partial charge is 0.185 e. The van der Waals surface area contributed by atoms with Crippen molar-refractivity contribution in [1.82, 2.24) is 8.75 Å².